The summed E-state index contributed by atoms with van der Waals surface area (Å²) in [7, 11) is 0. The molecule has 1 aromatic carbocycles. The van der Waals surface area contributed by atoms with Crippen LogP contribution >= 0.6 is 0 Å². The second-order valence-corrected chi connectivity index (χ2v) is 6.80. The molecule has 0 spiro atoms. The predicted molar refractivity (Wildman–Crippen MR) is 84.8 cm³/mol. The molecule has 126 valence electrons. The summed E-state index contributed by atoms with van der Waals surface area (Å²) >= 11 is 0. The van der Waals surface area contributed by atoms with Crippen molar-refractivity contribution in [1.82, 2.24) is 15.0 Å². The smallest absolute Gasteiger partial charge is 0.226 e. The lowest BCUT2D eigenvalue weighted by Crippen LogP contribution is -2.40. The lowest BCUT2D eigenvalue weighted by molar-refractivity contribution is -0.133. The first-order chi connectivity index (χ1) is 11.6. The molecule has 3 atom stereocenters. The number of nitrogens with zero attached hydrogens (tertiary/aromatic N) is 3. The quantitative estimate of drug-likeness (QED) is 0.868. The molecule has 0 N–H and O–H groups in total. The molecule has 2 aromatic rings. The number of rotatable bonds is 3. The Labute approximate surface area is 139 Å². The van der Waals surface area contributed by atoms with Gasteiger partial charge in [0.1, 0.15) is 5.82 Å². The topological polar surface area (TPSA) is 59.2 Å². The lowest BCUT2D eigenvalue weighted by atomic mass is 9.96. The zero-order chi connectivity index (χ0) is 16.7. The highest BCUT2D eigenvalue weighted by molar-refractivity contribution is 5.83. The highest BCUT2D eigenvalue weighted by atomic mass is 19.1. The fourth-order valence-corrected chi connectivity index (χ4v) is 3.65. The molecule has 1 aliphatic carbocycles. The van der Waals surface area contributed by atoms with Crippen LogP contribution in [0.4, 0.5) is 4.39 Å². The number of aromatic nitrogens is 2. The van der Waals surface area contributed by atoms with Crippen molar-refractivity contribution >= 4 is 5.91 Å². The standard InChI is InChI=1S/C18H20FN3O2/c1-11-20-17(21-24-11)13-3-2-8-22(10-13)18(23)16-9-15(16)12-4-6-14(19)7-5-12/h4-7,13,15-16H,2-3,8-10H2,1H3. The second kappa shape index (κ2) is 6.00. The number of carbonyl (C=O) groups excluding carboxylic acids is 1. The van der Waals surface area contributed by atoms with E-state index in [0.717, 1.165) is 31.4 Å². The third-order valence-corrected chi connectivity index (χ3v) is 5.05. The first-order valence-electron chi connectivity index (χ1n) is 8.46. The van der Waals surface area contributed by atoms with Crippen molar-refractivity contribution in [2.24, 2.45) is 5.92 Å². The summed E-state index contributed by atoms with van der Waals surface area (Å²) < 4.78 is 18.1. The Hall–Kier alpha value is -2.24. The maximum absolute atomic E-state index is 13.0. The van der Waals surface area contributed by atoms with Gasteiger partial charge < -0.3 is 9.42 Å². The summed E-state index contributed by atoms with van der Waals surface area (Å²) in [6.07, 6.45) is 2.79. The number of hydrogen-bond acceptors (Lipinski definition) is 4. The van der Waals surface area contributed by atoms with E-state index in [-0.39, 0.29) is 29.5 Å². The van der Waals surface area contributed by atoms with Crippen LogP contribution < -0.4 is 0 Å². The molecular formula is C18H20FN3O2. The summed E-state index contributed by atoms with van der Waals surface area (Å²) in [5, 5.41) is 4.00. The zero-order valence-corrected chi connectivity index (χ0v) is 13.6. The van der Waals surface area contributed by atoms with Crippen molar-refractivity contribution in [3.8, 4) is 0 Å². The molecular weight excluding hydrogens is 309 g/mol. The van der Waals surface area contributed by atoms with Crippen LogP contribution in [0.25, 0.3) is 0 Å². The van der Waals surface area contributed by atoms with Gasteiger partial charge in [-0.3, -0.25) is 4.79 Å². The first-order valence-corrected chi connectivity index (χ1v) is 8.46. The van der Waals surface area contributed by atoms with Crippen LogP contribution in [-0.2, 0) is 4.79 Å². The summed E-state index contributed by atoms with van der Waals surface area (Å²) in [6, 6.07) is 6.50. The van der Waals surface area contributed by atoms with Gasteiger partial charge in [-0.1, -0.05) is 17.3 Å². The SMILES string of the molecule is Cc1nc(C2CCCN(C(=O)C3CC3c3ccc(F)cc3)C2)no1. The van der Waals surface area contributed by atoms with Crippen LogP contribution in [0.5, 0.6) is 0 Å². The van der Waals surface area contributed by atoms with Gasteiger partial charge in [-0.2, -0.15) is 4.98 Å². The van der Waals surface area contributed by atoms with Crippen molar-refractivity contribution in [2.45, 2.75) is 38.0 Å². The molecule has 0 radical (unpaired) electrons. The van der Waals surface area contributed by atoms with E-state index < -0.39 is 0 Å². The normalized spacial score (nSPS) is 26.4. The van der Waals surface area contributed by atoms with Gasteiger partial charge in [0.05, 0.1) is 0 Å². The average molecular weight is 329 g/mol. The number of piperidine rings is 1. The summed E-state index contributed by atoms with van der Waals surface area (Å²) in [6.45, 7) is 3.23. The Kier molecular flexibility index (Phi) is 3.82. The minimum Gasteiger partial charge on any atom is -0.342 e. The van der Waals surface area contributed by atoms with Crippen molar-refractivity contribution in [3.63, 3.8) is 0 Å². The van der Waals surface area contributed by atoms with Crippen LogP contribution in [0.2, 0.25) is 0 Å². The number of aryl methyl sites for hydroxylation is 1. The minimum absolute atomic E-state index is 0.0289. The Bertz CT molecular complexity index is 743. The molecule has 1 aromatic heterocycles. The van der Waals surface area contributed by atoms with Crippen LogP contribution in [0, 0.1) is 18.7 Å². The maximum Gasteiger partial charge on any atom is 0.226 e. The molecule has 4 rings (SSSR count). The van der Waals surface area contributed by atoms with Crippen LogP contribution in [0.3, 0.4) is 0 Å². The van der Waals surface area contributed by atoms with E-state index in [2.05, 4.69) is 10.1 Å². The maximum atomic E-state index is 13.0. The van der Waals surface area contributed by atoms with Gasteiger partial charge in [-0.15, -0.1) is 0 Å². The first kappa shape index (κ1) is 15.3. The van der Waals surface area contributed by atoms with E-state index in [0.29, 0.717) is 18.3 Å². The molecule has 3 unspecified atom stereocenters. The number of carbonyl (C=O) groups is 1. The van der Waals surface area contributed by atoms with Gasteiger partial charge in [0.15, 0.2) is 5.82 Å². The molecule has 0 bridgehead atoms. The van der Waals surface area contributed by atoms with E-state index in [4.69, 9.17) is 4.52 Å². The lowest BCUT2D eigenvalue weighted by Gasteiger charge is -2.31. The highest BCUT2D eigenvalue weighted by Gasteiger charge is 2.46. The Morgan fingerprint density at radius 1 is 1.33 bits per heavy atom. The summed E-state index contributed by atoms with van der Waals surface area (Å²) in [5.41, 5.74) is 1.05. The molecule has 2 heterocycles. The van der Waals surface area contributed by atoms with E-state index >= 15 is 0 Å². The molecule has 2 fully saturated rings. The molecule has 1 aliphatic heterocycles. The predicted octanol–water partition coefficient (Wildman–Crippen LogP) is 3.03. The van der Waals surface area contributed by atoms with Crippen LogP contribution in [0.1, 0.15) is 48.4 Å². The Balaban J connectivity index is 1.41. The van der Waals surface area contributed by atoms with Gasteiger partial charge in [-0.25, -0.2) is 4.39 Å². The molecule has 5 nitrogen and oxygen atoms in total. The van der Waals surface area contributed by atoms with Crippen LogP contribution in [0.15, 0.2) is 28.8 Å². The molecule has 1 saturated heterocycles. The number of likely N-dealkylation sites (tertiary alicyclic amines) is 1. The van der Waals surface area contributed by atoms with Gasteiger partial charge in [0.25, 0.3) is 0 Å². The van der Waals surface area contributed by atoms with E-state index in [1.807, 2.05) is 4.90 Å². The van der Waals surface area contributed by atoms with Gasteiger partial charge in [-0.05, 0) is 42.9 Å². The number of amides is 1. The van der Waals surface area contributed by atoms with Gasteiger partial charge in [0.2, 0.25) is 11.8 Å². The average Bonchev–Trinajstić information content (AvgIpc) is 3.28. The Morgan fingerprint density at radius 3 is 2.83 bits per heavy atom. The Morgan fingerprint density at radius 2 is 2.12 bits per heavy atom. The van der Waals surface area contributed by atoms with Crippen LogP contribution in [-0.4, -0.2) is 34.0 Å². The third kappa shape index (κ3) is 2.92. The van der Waals surface area contributed by atoms with E-state index in [9.17, 15) is 9.18 Å². The van der Waals surface area contributed by atoms with E-state index in [1.54, 1.807) is 19.1 Å². The van der Waals surface area contributed by atoms with Gasteiger partial charge >= 0.3 is 0 Å². The number of halogens is 1. The van der Waals surface area contributed by atoms with Gasteiger partial charge in [0, 0.05) is 31.8 Å². The second-order valence-electron chi connectivity index (χ2n) is 6.80. The molecule has 1 saturated carbocycles. The number of hydrogen-bond donors (Lipinski definition) is 0. The van der Waals surface area contributed by atoms with Crippen molar-refractivity contribution in [3.05, 3.63) is 47.4 Å². The largest absolute Gasteiger partial charge is 0.342 e. The van der Waals surface area contributed by atoms with Crippen molar-refractivity contribution in [1.29, 1.82) is 0 Å². The number of benzene rings is 1. The molecule has 6 heteroatoms. The highest BCUT2D eigenvalue weighted by Crippen LogP contribution is 2.48. The molecule has 1 amide bonds. The van der Waals surface area contributed by atoms with E-state index in [1.165, 1.54) is 12.1 Å². The molecule has 2 aliphatic rings. The fourth-order valence-electron chi connectivity index (χ4n) is 3.65. The van der Waals surface area contributed by atoms with Crippen molar-refractivity contribution < 1.29 is 13.7 Å². The zero-order valence-electron chi connectivity index (χ0n) is 13.6. The monoisotopic (exact) mass is 329 g/mol. The minimum atomic E-state index is -0.239. The summed E-state index contributed by atoms with van der Waals surface area (Å²) in [5.74, 6) is 1.64. The van der Waals surface area contributed by atoms with Crippen molar-refractivity contribution in [2.75, 3.05) is 13.1 Å². The fraction of sp³-hybridized carbons (Fsp3) is 0.500. The third-order valence-electron chi connectivity index (χ3n) is 5.05. The molecule has 24 heavy (non-hydrogen) atoms. The summed E-state index contributed by atoms with van der Waals surface area (Å²) in [4.78, 5) is 19.0.